The number of rotatable bonds is 10. The predicted octanol–water partition coefficient (Wildman–Crippen LogP) is 4.41. The zero-order valence-corrected chi connectivity index (χ0v) is 15.9. The third-order valence-corrected chi connectivity index (χ3v) is 9.03. The van der Waals surface area contributed by atoms with Gasteiger partial charge in [0.15, 0.2) is 8.32 Å². The third-order valence-electron chi connectivity index (χ3n) is 4.42. The van der Waals surface area contributed by atoms with Crippen molar-refractivity contribution in [3.63, 3.8) is 0 Å². The fourth-order valence-corrected chi connectivity index (χ4v) is 3.49. The van der Waals surface area contributed by atoms with E-state index in [2.05, 4.69) is 40.4 Å². The molecule has 0 aliphatic rings. The molecule has 5 heteroatoms. The molecule has 0 aromatic rings. The number of aliphatic carboxylic acids is 1. The van der Waals surface area contributed by atoms with Crippen molar-refractivity contribution < 1.29 is 19.1 Å². The number of ketones is 1. The standard InChI is InChI=1S/C17H32O4Si/c1-8-10-14(16(19)20)15(18)12-9-11-13(2)21-22(6,7)17(3,4)5/h8,13-14H,1,9-12H2,2-7H3,(H,19,20)/t13?,14-/m1/s1. The molecule has 22 heavy (non-hydrogen) atoms. The molecule has 0 bridgehead atoms. The fraction of sp³-hybridized carbons (Fsp3) is 0.765. The van der Waals surface area contributed by atoms with Gasteiger partial charge in [-0.1, -0.05) is 26.8 Å². The van der Waals surface area contributed by atoms with Gasteiger partial charge in [-0.2, -0.15) is 0 Å². The van der Waals surface area contributed by atoms with E-state index in [1.165, 1.54) is 6.08 Å². The van der Waals surface area contributed by atoms with E-state index >= 15 is 0 Å². The summed E-state index contributed by atoms with van der Waals surface area (Å²) < 4.78 is 6.23. The van der Waals surface area contributed by atoms with Crippen LogP contribution in [-0.4, -0.2) is 31.3 Å². The highest BCUT2D eigenvalue weighted by molar-refractivity contribution is 6.74. The van der Waals surface area contributed by atoms with Gasteiger partial charge in [-0.05, 0) is 44.3 Å². The van der Waals surface area contributed by atoms with Crippen LogP contribution >= 0.6 is 0 Å². The van der Waals surface area contributed by atoms with Crippen LogP contribution in [0.1, 0.15) is 53.4 Å². The van der Waals surface area contributed by atoms with Crippen LogP contribution < -0.4 is 0 Å². The molecule has 1 N–H and O–H groups in total. The summed E-state index contributed by atoms with van der Waals surface area (Å²) in [6, 6.07) is 0. The molecule has 0 saturated heterocycles. The Balaban J connectivity index is 4.33. The smallest absolute Gasteiger partial charge is 0.314 e. The number of hydrogen-bond acceptors (Lipinski definition) is 3. The van der Waals surface area contributed by atoms with Gasteiger partial charge in [0.1, 0.15) is 11.7 Å². The average Bonchev–Trinajstić information content (AvgIpc) is 2.33. The summed E-state index contributed by atoms with van der Waals surface area (Å²) in [5.74, 6) is -2.23. The summed E-state index contributed by atoms with van der Waals surface area (Å²) in [6.45, 7) is 16.5. The molecule has 0 amide bonds. The van der Waals surface area contributed by atoms with E-state index in [-0.39, 0.29) is 29.8 Å². The minimum absolute atomic E-state index is 0.0939. The first kappa shape index (κ1) is 21.1. The van der Waals surface area contributed by atoms with Crippen LogP contribution in [0, 0.1) is 5.92 Å². The normalized spacial score (nSPS) is 15.2. The SMILES string of the molecule is C=CC[C@@H](C(=O)O)C(=O)CCCC(C)O[Si](C)(C)C(C)(C)C. The van der Waals surface area contributed by atoms with Gasteiger partial charge in [-0.15, -0.1) is 6.58 Å². The molecule has 0 rings (SSSR count). The molecule has 0 saturated carbocycles. The van der Waals surface area contributed by atoms with Crippen molar-refractivity contribution in [2.24, 2.45) is 5.92 Å². The maximum absolute atomic E-state index is 11.9. The second kappa shape index (κ2) is 8.63. The highest BCUT2D eigenvalue weighted by Crippen LogP contribution is 2.37. The zero-order chi connectivity index (χ0) is 17.6. The van der Waals surface area contributed by atoms with Gasteiger partial charge in [-0.25, -0.2) is 0 Å². The highest BCUT2D eigenvalue weighted by Gasteiger charge is 2.38. The van der Waals surface area contributed by atoms with Crippen LogP contribution in [0.4, 0.5) is 0 Å². The van der Waals surface area contributed by atoms with Gasteiger partial charge in [0.25, 0.3) is 0 Å². The van der Waals surface area contributed by atoms with E-state index in [9.17, 15) is 9.59 Å². The first-order valence-electron chi connectivity index (χ1n) is 7.96. The van der Waals surface area contributed by atoms with E-state index in [4.69, 9.17) is 9.53 Å². The Morgan fingerprint density at radius 2 is 1.86 bits per heavy atom. The van der Waals surface area contributed by atoms with Crippen molar-refractivity contribution in [2.45, 2.75) is 77.6 Å². The van der Waals surface area contributed by atoms with E-state index in [1.807, 2.05) is 6.92 Å². The van der Waals surface area contributed by atoms with Crippen LogP contribution in [0.25, 0.3) is 0 Å². The lowest BCUT2D eigenvalue weighted by Gasteiger charge is -2.38. The molecular formula is C17H32O4Si. The quantitative estimate of drug-likeness (QED) is 0.366. The monoisotopic (exact) mass is 328 g/mol. The summed E-state index contributed by atoms with van der Waals surface area (Å²) in [4.78, 5) is 23.0. The Hall–Kier alpha value is -0.943. The van der Waals surface area contributed by atoms with Gasteiger partial charge in [0, 0.05) is 12.5 Å². The Kier molecular flexibility index (Phi) is 8.26. The fourth-order valence-electron chi connectivity index (χ4n) is 2.01. The second-order valence-electron chi connectivity index (χ2n) is 7.46. The molecule has 0 radical (unpaired) electrons. The first-order valence-corrected chi connectivity index (χ1v) is 10.9. The summed E-state index contributed by atoms with van der Waals surface area (Å²) in [7, 11) is -1.79. The van der Waals surface area contributed by atoms with Crippen molar-refractivity contribution >= 4 is 20.1 Å². The number of hydrogen-bond donors (Lipinski definition) is 1. The molecule has 1 unspecified atom stereocenters. The Bertz CT molecular complexity index is 396. The number of carbonyl (C=O) groups is 2. The van der Waals surface area contributed by atoms with Gasteiger partial charge in [0.2, 0.25) is 0 Å². The lowest BCUT2D eigenvalue weighted by molar-refractivity contribution is -0.146. The first-order chi connectivity index (χ1) is 9.92. The molecule has 4 nitrogen and oxygen atoms in total. The van der Waals surface area contributed by atoms with Crippen molar-refractivity contribution in [3.05, 3.63) is 12.7 Å². The lowest BCUT2D eigenvalue weighted by Crippen LogP contribution is -2.43. The number of Topliss-reactive ketones (excluding diaryl/α,β-unsaturated/α-hetero) is 1. The van der Waals surface area contributed by atoms with Crippen LogP contribution in [0.5, 0.6) is 0 Å². The van der Waals surface area contributed by atoms with Crippen molar-refractivity contribution in [2.75, 3.05) is 0 Å². The highest BCUT2D eigenvalue weighted by atomic mass is 28.4. The largest absolute Gasteiger partial charge is 0.481 e. The van der Waals surface area contributed by atoms with Crippen LogP contribution in [-0.2, 0) is 14.0 Å². The number of carboxylic acid groups (broad SMARTS) is 1. The number of allylic oxidation sites excluding steroid dienone is 1. The summed E-state index contributed by atoms with van der Waals surface area (Å²) in [5.41, 5.74) is 0. The molecule has 128 valence electrons. The van der Waals surface area contributed by atoms with Crippen LogP contribution in [0.15, 0.2) is 12.7 Å². The zero-order valence-electron chi connectivity index (χ0n) is 14.9. The topological polar surface area (TPSA) is 63.6 Å². The maximum atomic E-state index is 11.9. The lowest BCUT2D eigenvalue weighted by atomic mass is 9.96. The second-order valence-corrected chi connectivity index (χ2v) is 12.2. The van der Waals surface area contributed by atoms with E-state index in [1.54, 1.807) is 0 Å². The van der Waals surface area contributed by atoms with Crippen LogP contribution in [0.2, 0.25) is 18.1 Å². The molecular weight excluding hydrogens is 296 g/mol. The Morgan fingerprint density at radius 3 is 2.27 bits per heavy atom. The van der Waals surface area contributed by atoms with E-state index < -0.39 is 20.2 Å². The Morgan fingerprint density at radius 1 is 1.32 bits per heavy atom. The molecule has 0 spiro atoms. The van der Waals surface area contributed by atoms with Crippen LogP contribution in [0.3, 0.4) is 0 Å². The summed E-state index contributed by atoms with van der Waals surface area (Å²) in [5, 5.41) is 9.20. The number of carboxylic acids is 1. The molecule has 0 aliphatic heterocycles. The van der Waals surface area contributed by atoms with Gasteiger partial charge in [0.05, 0.1) is 0 Å². The number of carbonyl (C=O) groups excluding carboxylic acids is 1. The van der Waals surface area contributed by atoms with E-state index in [0.717, 1.165) is 6.42 Å². The molecule has 0 aromatic carbocycles. The summed E-state index contributed by atoms with van der Waals surface area (Å²) in [6.07, 6.45) is 3.50. The van der Waals surface area contributed by atoms with E-state index in [0.29, 0.717) is 6.42 Å². The molecule has 0 aliphatic carbocycles. The maximum Gasteiger partial charge on any atom is 0.314 e. The summed E-state index contributed by atoms with van der Waals surface area (Å²) >= 11 is 0. The van der Waals surface area contributed by atoms with Gasteiger partial charge >= 0.3 is 5.97 Å². The molecule has 2 atom stereocenters. The van der Waals surface area contributed by atoms with Crippen molar-refractivity contribution in [3.8, 4) is 0 Å². The molecule has 0 fully saturated rings. The van der Waals surface area contributed by atoms with Gasteiger partial charge < -0.3 is 9.53 Å². The predicted molar refractivity (Wildman–Crippen MR) is 92.5 cm³/mol. The third kappa shape index (κ3) is 6.88. The average molecular weight is 329 g/mol. The van der Waals surface area contributed by atoms with Crippen molar-refractivity contribution in [1.29, 1.82) is 0 Å². The molecule has 0 heterocycles. The van der Waals surface area contributed by atoms with Gasteiger partial charge in [-0.3, -0.25) is 9.59 Å². The Labute approximate surface area is 136 Å². The minimum Gasteiger partial charge on any atom is -0.481 e. The molecule has 0 aromatic heterocycles. The van der Waals surface area contributed by atoms with Crippen molar-refractivity contribution in [1.82, 2.24) is 0 Å². The minimum atomic E-state index is -1.79.